The second-order valence-electron chi connectivity index (χ2n) is 10.6. The van der Waals surface area contributed by atoms with Crippen LogP contribution in [0.5, 0.6) is 23.0 Å². The minimum Gasteiger partial charge on any atom is -0.507 e. The Bertz CT molecular complexity index is 1140. The number of hydrogen-bond donors (Lipinski definition) is 3. The highest BCUT2D eigenvalue weighted by atomic mass is 16.5. The standard InChI is InChI=1S/C17H27NO3.C16H20O5/c1-4-7-8-13(5-2)12-21-14-9-10-15(16(19)11-14)17(20)18-6-3;1-11(17)21-15-9-13(7-8-14(15)16(18)19)20-10-12-5-3-2-4-6-12/h9-11,13,19H,4-8,12H2,1-3H3,(H,18,20);7-9,12H,2-6,10H2,1H3,(H,18,19). The van der Waals surface area contributed by atoms with Crippen LogP contribution >= 0.6 is 0 Å². The zero-order valence-electron chi connectivity index (χ0n) is 25.4. The van der Waals surface area contributed by atoms with Crippen molar-refractivity contribution in [3.63, 3.8) is 0 Å². The molecule has 0 aliphatic heterocycles. The first-order valence-electron chi connectivity index (χ1n) is 15.1. The summed E-state index contributed by atoms with van der Waals surface area (Å²) in [5.74, 6) is 0.252. The second kappa shape index (κ2) is 18.6. The molecule has 0 aromatic heterocycles. The summed E-state index contributed by atoms with van der Waals surface area (Å²) in [7, 11) is 0. The quantitative estimate of drug-likeness (QED) is 0.159. The molecule has 2 aromatic carbocycles. The molecule has 1 unspecified atom stereocenters. The number of aromatic carboxylic acids is 1. The summed E-state index contributed by atoms with van der Waals surface area (Å²) < 4.78 is 16.4. The first-order chi connectivity index (χ1) is 20.2. The number of carbonyl (C=O) groups is 3. The van der Waals surface area contributed by atoms with E-state index in [2.05, 4.69) is 19.2 Å². The highest BCUT2D eigenvalue weighted by molar-refractivity contribution is 5.97. The summed E-state index contributed by atoms with van der Waals surface area (Å²) >= 11 is 0. The summed E-state index contributed by atoms with van der Waals surface area (Å²) in [5.41, 5.74) is 0.234. The van der Waals surface area contributed by atoms with Crippen LogP contribution in [-0.4, -0.2) is 47.8 Å². The van der Waals surface area contributed by atoms with Crippen molar-refractivity contribution in [2.75, 3.05) is 19.8 Å². The van der Waals surface area contributed by atoms with Gasteiger partial charge < -0.3 is 29.7 Å². The number of nitrogens with one attached hydrogen (secondary N) is 1. The molecule has 1 aliphatic carbocycles. The van der Waals surface area contributed by atoms with Crippen molar-refractivity contribution in [2.45, 2.75) is 85.5 Å². The lowest BCUT2D eigenvalue weighted by Crippen LogP contribution is -2.22. The molecule has 1 amide bonds. The number of rotatable bonds is 14. The Kier molecular flexibility index (Phi) is 15.3. The molecule has 0 saturated heterocycles. The van der Waals surface area contributed by atoms with Gasteiger partial charge in [-0.3, -0.25) is 9.59 Å². The van der Waals surface area contributed by atoms with Crippen LogP contribution in [0.4, 0.5) is 0 Å². The van der Waals surface area contributed by atoms with E-state index >= 15 is 0 Å². The summed E-state index contributed by atoms with van der Waals surface area (Å²) in [6, 6.07) is 9.31. The van der Waals surface area contributed by atoms with Gasteiger partial charge in [-0.15, -0.1) is 0 Å². The molecular formula is C33H47NO8. The van der Waals surface area contributed by atoms with Crippen LogP contribution < -0.4 is 19.5 Å². The zero-order valence-corrected chi connectivity index (χ0v) is 25.4. The number of hydrogen-bond acceptors (Lipinski definition) is 7. The van der Waals surface area contributed by atoms with Crippen LogP contribution in [0.25, 0.3) is 0 Å². The van der Waals surface area contributed by atoms with Crippen LogP contribution in [0.15, 0.2) is 36.4 Å². The molecule has 0 spiro atoms. The number of benzene rings is 2. The average molecular weight is 586 g/mol. The van der Waals surface area contributed by atoms with Gasteiger partial charge in [-0.1, -0.05) is 52.4 Å². The molecular weight excluding hydrogens is 538 g/mol. The van der Waals surface area contributed by atoms with Crippen molar-refractivity contribution >= 4 is 17.8 Å². The number of aromatic hydroxyl groups is 1. The lowest BCUT2D eigenvalue weighted by Gasteiger charge is -2.21. The fourth-order valence-electron chi connectivity index (χ4n) is 4.74. The van der Waals surface area contributed by atoms with Crippen molar-refractivity contribution in [2.24, 2.45) is 11.8 Å². The largest absolute Gasteiger partial charge is 0.507 e. The summed E-state index contributed by atoms with van der Waals surface area (Å²) in [6.07, 6.45) is 10.8. The Morgan fingerprint density at radius 2 is 1.62 bits per heavy atom. The van der Waals surface area contributed by atoms with Gasteiger partial charge in [0.25, 0.3) is 5.91 Å². The highest BCUT2D eigenvalue weighted by Crippen LogP contribution is 2.28. The highest BCUT2D eigenvalue weighted by Gasteiger charge is 2.17. The van der Waals surface area contributed by atoms with Crippen molar-refractivity contribution in [3.05, 3.63) is 47.5 Å². The summed E-state index contributed by atoms with van der Waals surface area (Å²) in [4.78, 5) is 33.8. The average Bonchev–Trinajstić information content (AvgIpc) is 2.97. The molecule has 9 heteroatoms. The summed E-state index contributed by atoms with van der Waals surface area (Å²) in [5, 5.41) is 21.6. The van der Waals surface area contributed by atoms with Crippen LogP contribution in [0.2, 0.25) is 0 Å². The van der Waals surface area contributed by atoms with E-state index < -0.39 is 11.9 Å². The normalized spacial score (nSPS) is 13.7. The molecule has 1 aliphatic rings. The number of carboxylic acid groups (broad SMARTS) is 1. The van der Waals surface area contributed by atoms with Crippen molar-refractivity contribution in [1.29, 1.82) is 0 Å². The molecule has 1 saturated carbocycles. The number of carboxylic acids is 1. The van der Waals surface area contributed by atoms with E-state index in [0.29, 0.717) is 43.1 Å². The number of esters is 1. The SMILES string of the molecule is CC(=O)Oc1cc(OCC2CCCCC2)ccc1C(=O)O.CCCCC(CC)COc1ccc(C(=O)NCC)c(O)c1. The minimum absolute atomic E-state index is 0.0242. The van der Waals surface area contributed by atoms with E-state index in [1.54, 1.807) is 18.2 Å². The van der Waals surface area contributed by atoms with Crippen LogP contribution in [-0.2, 0) is 4.79 Å². The molecule has 0 bridgehead atoms. The Hall–Kier alpha value is -3.75. The van der Waals surface area contributed by atoms with Gasteiger partial charge in [-0.25, -0.2) is 4.79 Å². The van der Waals surface area contributed by atoms with Crippen molar-refractivity contribution < 1.29 is 38.8 Å². The molecule has 1 fully saturated rings. The Morgan fingerprint density at radius 3 is 2.19 bits per heavy atom. The van der Waals surface area contributed by atoms with Gasteiger partial charge in [0.1, 0.15) is 28.6 Å². The number of ether oxygens (including phenoxy) is 3. The predicted molar refractivity (Wildman–Crippen MR) is 162 cm³/mol. The third kappa shape index (κ3) is 12.0. The molecule has 9 nitrogen and oxygen atoms in total. The molecule has 232 valence electrons. The van der Waals surface area contributed by atoms with Gasteiger partial charge in [0.15, 0.2) is 0 Å². The van der Waals surface area contributed by atoms with Crippen LogP contribution in [0, 0.1) is 11.8 Å². The molecule has 1 atom stereocenters. The third-order valence-corrected chi connectivity index (χ3v) is 7.23. The Labute approximate surface area is 249 Å². The second-order valence-corrected chi connectivity index (χ2v) is 10.6. The third-order valence-electron chi connectivity index (χ3n) is 7.23. The monoisotopic (exact) mass is 585 g/mol. The topological polar surface area (TPSA) is 131 Å². The van der Waals surface area contributed by atoms with Gasteiger partial charge in [-0.2, -0.15) is 0 Å². The lowest BCUT2D eigenvalue weighted by molar-refractivity contribution is -0.131. The molecule has 0 heterocycles. The van der Waals surface area contributed by atoms with E-state index in [4.69, 9.17) is 19.3 Å². The van der Waals surface area contributed by atoms with Crippen LogP contribution in [0.1, 0.15) is 106 Å². The predicted octanol–water partition coefficient (Wildman–Crippen LogP) is 7.01. The van der Waals surface area contributed by atoms with Gasteiger partial charge >= 0.3 is 11.9 Å². The van der Waals surface area contributed by atoms with Gasteiger partial charge in [0, 0.05) is 25.6 Å². The van der Waals surface area contributed by atoms with Gasteiger partial charge in [-0.05, 0) is 62.3 Å². The maximum absolute atomic E-state index is 11.7. The fraction of sp³-hybridized carbons (Fsp3) is 0.545. The minimum atomic E-state index is -1.13. The number of phenols is 1. The molecule has 0 radical (unpaired) electrons. The number of unbranched alkanes of at least 4 members (excludes halogenated alkanes) is 1. The lowest BCUT2D eigenvalue weighted by atomic mass is 9.90. The van der Waals surface area contributed by atoms with Gasteiger partial charge in [0.05, 0.1) is 18.8 Å². The van der Waals surface area contributed by atoms with E-state index in [9.17, 15) is 19.5 Å². The Morgan fingerprint density at radius 1 is 0.952 bits per heavy atom. The van der Waals surface area contributed by atoms with E-state index in [1.807, 2.05) is 6.92 Å². The van der Waals surface area contributed by atoms with Crippen LogP contribution in [0.3, 0.4) is 0 Å². The van der Waals surface area contributed by atoms with E-state index in [-0.39, 0.29) is 28.5 Å². The molecule has 42 heavy (non-hydrogen) atoms. The van der Waals surface area contributed by atoms with E-state index in [1.165, 1.54) is 70.1 Å². The van der Waals surface area contributed by atoms with Gasteiger partial charge in [0.2, 0.25) is 0 Å². The molecule has 3 N–H and O–H groups in total. The molecule has 2 aromatic rings. The maximum Gasteiger partial charge on any atom is 0.339 e. The first kappa shape index (κ1) is 34.5. The summed E-state index contributed by atoms with van der Waals surface area (Å²) in [6.45, 7) is 9.23. The fourth-order valence-corrected chi connectivity index (χ4v) is 4.74. The maximum atomic E-state index is 11.7. The zero-order chi connectivity index (χ0) is 30.9. The number of phenolic OH excluding ortho intramolecular Hbond substituents is 1. The number of carbonyl (C=O) groups excluding carboxylic acids is 2. The number of amides is 1. The van der Waals surface area contributed by atoms with E-state index in [0.717, 1.165) is 12.8 Å². The molecule has 3 rings (SSSR count). The Balaban J connectivity index is 0.000000293. The van der Waals surface area contributed by atoms with Crippen molar-refractivity contribution in [1.82, 2.24) is 5.32 Å². The van der Waals surface area contributed by atoms with Crippen molar-refractivity contribution in [3.8, 4) is 23.0 Å². The first-order valence-corrected chi connectivity index (χ1v) is 15.1. The smallest absolute Gasteiger partial charge is 0.339 e.